The van der Waals surface area contributed by atoms with Gasteiger partial charge in [-0.2, -0.15) is 0 Å². The van der Waals surface area contributed by atoms with Gasteiger partial charge < -0.3 is 19.5 Å². The number of nitrogens with zero attached hydrogens (tertiary/aromatic N) is 1. The van der Waals surface area contributed by atoms with Crippen molar-refractivity contribution in [2.75, 3.05) is 32.7 Å². The fourth-order valence-electron chi connectivity index (χ4n) is 3.48. The second-order valence-corrected chi connectivity index (χ2v) is 9.44. The molecule has 8 nitrogen and oxygen atoms in total. The van der Waals surface area contributed by atoms with Crippen molar-refractivity contribution < 1.29 is 27.4 Å². The van der Waals surface area contributed by atoms with E-state index in [2.05, 4.69) is 5.32 Å². The molecule has 0 heterocycles. The van der Waals surface area contributed by atoms with Crippen molar-refractivity contribution >= 4 is 21.6 Å². The van der Waals surface area contributed by atoms with Crippen molar-refractivity contribution in [1.29, 1.82) is 0 Å². The number of hydrogen-bond acceptors (Lipinski definition) is 6. The maximum absolute atomic E-state index is 13.1. The number of ether oxygens (including phenoxy) is 3. The summed E-state index contributed by atoms with van der Waals surface area (Å²) >= 11 is 0. The van der Waals surface area contributed by atoms with Crippen LogP contribution in [0.15, 0.2) is 71.6 Å². The third-order valence-corrected chi connectivity index (χ3v) is 7.24. The molecule has 0 aromatic heterocycles. The Kier molecular flexibility index (Phi) is 7.68. The van der Waals surface area contributed by atoms with Crippen LogP contribution < -0.4 is 23.8 Å². The van der Waals surface area contributed by atoms with Crippen molar-refractivity contribution in [2.45, 2.75) is 17.9 Å². The van der Waals surface area contributed by atoms with Gasteiger partial charge in [0, 0.05) is 24.2 Å². The minimum Gasteiger partial charge on any atom is -0.496 e. The zero-order chi connectivity index (χ0) is 24.9. The highest BCUT2D eigenvalue weighted by molar-refractivity contribution is 7.92. The van der Waals surface area contributed by atoms with Gasteiger partial charge in [0.2, 0.25) is 0 Å². The molecule has 0 fully saturated rings. The summed E-state index contributed by atoms with van der Waals surface area (Å²) in [6, 6.07) is 17.9. The van der Waals surface area contributed by atoms with E-state index in [1.807, 2.05) is 31.2 Å². The highest BCUT2D eigenvalue weighted by atomic mass is 32.2. The highest BCUT2D eigenvalue weighted by Crippen LogP contribution is 2.32. The molecule has 0 bridgehead atoms. The van der Waals surface area contributed by atoms with Gasteiger partial charge in [0.15, 0.2) is 11.5 Å². The van der Waals surface area contributed by atoms with Crippen LogP contribution in [0.2, 0.25) is 0 Å². The lowest BCUT2D eigenvalue weighted by Crippen LogP contribution is -2.28. The molecule has 3 aromatic carbocycles. The topological polar surface area (TPSA) is 94.2 Å². The van der Waals surface area contributed by atoms with E-state index in [-0.39, 0.29) is 16.8 Å². The Hall–Kier alpha value is -3.72. The minimum absolute atomic E-state index is 0.0557. The van der Waals surface area contributed by atoms with Gasteiger partial charge in [0.05, 0.1) is 38.0 Å². The Morgan fingerprint density at radius 1 is 0.853 bits per heavy atom. The maximum Gasteiger partial charge on any atom is 0.264 e. The number of hydrogen-bond donors (Lipinski definition) is 1. The second-order valence-electron chi connectivity index (χ2n) is 7.47. The van der Waals surface area contributed by atoms with E-state index in [1.165, 1.54) is 39.5 Å². The molecule has 180 valence electrons. The zero-order valence-corrected chi connectivity index (χ0v) is 20.5. The first kappa shape index (κ1) is 24.9. The molecule has 0 radical (unpaired) electrons. The van der Waals surface area contributed by atoms with Gasteiger partial charge in [-0.05, 0) is 49.4 Å². The first-order chi connectivity index (χ1) is 16.2. The van der Waals surface area contributed by atoms with E-state index in [9.17, 15) is 13.2 Å². The molecule has 0 unspecified atom stereocenters. The minimum atomic E-state index is -3.86. The van der Waals surface area contributed by atoms with Crippen LogP contribution in [0, 0.1) is 0 Å². The Labute approximate surface area is 200 Å². The Balaban J connectivity index is 1.77. The van der Waals surface area contributed by atoms with Crippen LogP contribution in [0.1, 0.15) is 28.9 Å². The molecule has 1 N–H and O–H groups in total. The molecule has 0 aliphatic rings. The van der Waals surface area contributed by atoms with Gasteiger partial charge in [-0.1, -0.05) is 18.2 Å². The summed E-state index contributed by atoms with van der Waals surface area (Å²) in [4.78, 5) is 12.8. The first-order valence-corrected chi connectivity index (χ1v) is 11.9. The van der Waals surface area contributed by atoms with E-state index in [1.54, 1.807) is 31.4 Å². The molecule has 0 spiro atoms. The van der Waals surface area contributed by atoms with E-state index in [0.717, 1.165) is 9.87 Å². The number of anilines is 1. The zero-order valence-electron chi connectivity index (χ0n) is 19.7. The van der Waals surface area contributed by atoms with Gasteiger partial charge in [0.25, 0.3) is 15.9 Å². The molecule has 9 heteroatoms. The molecule has 3 rings (SSSR count). The number of carbonyl (C=O) groups is 1. The van der Waals surface area contributed by atoms with Gasteiger partial charge in [0.1, 0.15) is 5.75 Å². The third kappa shape index (κ3) is 5.09. The number of benzene rings is 3. The molecule has 1 atom stereocenters. The number of amides is 1. The SMILES string of the molecule is COc1ccc(S(=O)(=O)N(C)c2ccc(C(=O)N[C@@H](C)c3ccccc3OC)cc2)cc1OC. The number of para-hydroxylation sites is 1. The fourth-order valence-corrected chi connectivity index (χ4v) is 4.69. The van der Waals surface area contributed by atoms with E-state index in [4.69, 9.17) is 14.2 Å². The van der Waals surface area contributed by atoms with E-state index >= 15 is 0 Å². The standard InChI is InChI=1S/C25H28N2O6S/c1-17(21-8-6-7-9-22(21)31-3)26-25(28)18-10-12-19(13-11-18)27(2)34(29,30)20-14-15-23(32-4)24(16-20)33-5/h6-17H,1-5H3,(H,26,28)/t17-/m0/s1. The summed E-state index contributed by atoms with van der Waals surface area (Å²) in [5.41, 5.74) is 1.67. The number of carbonyl (C=O) groups excluding carboxylic acids is 1. The van der Waals surface area contributed by atoms with Crippen molar-refractivity contribution in [1.82, 2.24) is 5.32 Å². The maximum atomic E-state index is 13.1. The van der Waals surface area contributed by atoms with Gasteiger partial charge in [-0.3, -0.25) is 9.10 Å². The average molecular weight is 485 g/mol. The average Bonchev–Trinajstić information content (AvgIpc) is 2.87. The van der Waals surface area contributed by atoms with Crippen molar-refractivity contribution in [3.8, 4) is 17.2 Å². The smallest absolute Gasteiger partial charge is 0.264 e. The Morgan fingerprint density at radius 3 is 2.09 bits per heavy atom. The molecule has 0 aliphatic heterocycles. The predicted octanol–water partition coefficient (Wildman–Crippen LogP) is 4.03. The summed E-state index contributed by atoms with van der Waals surface area (Å²) < 4.78 is 43.1. The van der Waals surface area contributed by atoms with Crippen LogP contribution in [-0.4, -0.2) is 42.7 Å². The largest absolute Gasteiger partial charge is 0.496 e. The predicted molar refractivity (Wildman–Crippen MR) is 130 cm³/mol. The fraction of sp³-hybridized carbons (Fsp3) is 0.240. The highest BCUT2D eigenvalue weighted by Gasteiger charge is 2.23. The Morgan fingerprint density at radius 2 is 1.47 bits per heavy atom. The summed E-state index contributed by atoms with van der Waals surface area (Å²) in [5.74, 6) is 1.15. The van der Waals surface area contributed by atoms with Gasteiger partial charge in [-0.15, -0.1) is 0 Å². The van der Waals surface area contributed by atoms with E-state index in [0.29, 0.717) is 28.5 Å². The normalized spacial score (nSPS) is 11.9. The van der Waals surface area contributed by atoms with Gasteiger partial charge >= 0.3 is 0 Å². The number of rotatable bonds is 9. The summed E-state index contributed by atoms with van der Waals surface area (Å²) in [6.07, 6.45) is 0. The van der Waals surface area contributed by atoms with E-state index < -0.39 is 10.0 Å². The summed E-state index contributed by atoms with van der Waals surface area (Å²) in [6.45, 7) is 1.87. The van der Waals surface area contributed by atoms with Crippen molar-refractivity contribution in [3.05, 3.63) is 77.9 Å². The number of nitrogens with one attached hydrogen (secondary N) is 1. The van der Waals surface area contributed by atoms with Crippen LogP contribution in [0.5, 0.6) is 17.2 Å². The molecular formula is C25H28N2O6S. The van der Waals surface area contributed by atoms with Crippen LogP contribution in [0.4, 0.5) is 5.69 Å². The monoisotopic (exact) mass is 484 g/mol. The molecular weight excluding hydrogens is 456 g/mol. The second kappa shape index (κ2) is 10.5. The Bertz CT molecular complexity index is 1260. The summed E-state index contributed by atoms with van der Waals surface area (Å²) in [7, 11) is 2.09. The first-order valence-electron chi connectivity index (χ1n) is 10.5. The molecule has 0 saturated carbocycles. The molecule has 1 amide bonds. The van der Waals surface area contributed by atoms with Crippen molar-refractivity contribution in [2.24, 2.45) is 0 Å². The lowest BCUT2D eigenvalue weighted by molar-refractivity contribution is 0.0939. The lowest BCUT2D eigenvalue weighted by Gasteiger charge is -2.21. The molecule has 0 saturated heterocycles. The number of methoxy groups -OCH3 is 3. The summed E-state index contributed by atoms with van der Waals surface area (Å²) in [5, 5.41) is 2.94. The van der Waals surface area contributed by atoms with Crippen LogP contribution in [0.25, 0.3) is 0 Å². The van der Waals surface area contributed by atoms with Crippen LogP contribution in [-0.2, 0) is 10.0 Å². The van der Waals surface area contributed by atoms with Crippen molar-refractivity contribution in [3.63, 3.8) is 0 Å². The van der Waals surface area contributed by atoms with Crippen LogP contribution in [0.3, 0.4) is 0 Å². The quantitative estimate of drug-likeness (QED) is 0.493. The third-order valence-electron chi connectivity index (χ3n) is 5.46. The van der Waals surface area contributed by atoms with Crippen LogP contribution >= 0.6 is 0 Å². The number of sulfonamides is 1. The molecule has 34 heavy (non-hydrogen) atoms. The lowest BCUT2D eigenvalue weighted by atomic mass is 10.1. The van der Waals surface area contributed by atoms with Gasteiger partial charge in [-0.25, -0.2) is 8.42 Å². The molecule has 3 aromatic rings. The molecule has 0 aliphatic carbocycles.